The van der Waals surface area contributed by atoms with Crippen LogP contribution < -0.4 is 5.32 Å². The second-order valence-corrected chi connectivity index (χ2v) is 5.46. The number of amides is 1. The summed E-state index contributed by atoms with van der Waals surface area (Å²) < 4.78 is 7.11. The first-order chi connectivity index (χ1) is 11.1. The highest BCUT2D eigenvalue weighted by atomic mass is 16.6. The monoisotopic (exact) mass is 318 g/mol. The zero-order valence-electron chi connectivity index (χ0n) is 11.8. The van der Waals surface area contributed by atoms with E-state index in [0.717, 1.165) is 0 Å². The van der Waals surface area contributed by atoms with E-state index < -0.39 is 31.1 Å². The van der Waals surface area contributed by atoms with Crippen molar-refractivity contribution in [1.82, 2.24) is 14.5 Å². The smallest absolute Gasteiger partial charge is 0.249 e. The molecule has 0 unspecified atom stereocenters. The van der Waals surface area contributed by atoms with E-state index in [0.29, 0.717) is 22.4 Å². The van der Waals surface area contributed by atoms with Crippen LogP contribution in [0.4, 0.5) is 5.82 Å². The number of carbonyl (C=O) groups excluding carboxylic acids is 1. The summed E-state index contributed by atoms with van der Waals surface area (Å²) in [6, 6.07) is 0. The molecule has 4 N–H and O–H groups in total. The number of hydrogen-bond acceptors (Lipinski definition) is 7. The van der Waals surface area contributed by atoms with E-state index in [1.165, 1.54) is 12.4 Å². The third kappa shape index (κ3) is 2.05. The minimum Gasteiger partial charge on any atom is -0.394 e. The maximum absolute atomic E-state index is 11.6. The molecule has 4 atom stereocenters. The third-order valence-electron chi connectivity index (χ3n) is 4.09. The van der Waals surface area contributed by atoms with Crippen molar-refractivity contribution in [3.05, 3.63) is 24.2 Å². The summed E-state index contributed by atoms with van der Waals surface area (Å²) in [5.41, 5.74) is 1.14. The number of aliphatic hydroxyl groups is 3. The van der Waals surface area contributed by atoms with Crippen LogP contribution in [0.3, 0.4) is 0 Å². The second-order valence-electron chi connectivity index (χ2n) is 5.46. The van der Waals surface area contributed by atoms with Crippen molar-refractivity contribution in [2.45, 2.75) is 24.5 Å². The van der Waals surface area contributed by atoms with Crippen LogP contribution in [0.15, 0.2) is 18.6 Å². The van der Waals surface area contributed by atoms with Crippen LogP contribution in [0.1, 0.15) is 11.8 Å². The minimum absolute atomic E-state index is 0.291. The topological polar surface area (TPSA) is 130 Å². The molecule has 9 nitrogen and oxygen atoms in total. The molecule has 9 heteroatoms. The summed E-state index contributed by atoms with van der Waals surface area (Å²) in [5, 5.41) is 32.6. The van der Waals surface area contributed by atoms with Crippen LogP contribution >= 0.6 is 0 Å². The van der Waals surface area contributed by atoms with Crippen molar-refractivity contribution < 1.29 is 24.9 Å². The molecule has 120 valence electrons. The Hall–Kier alpha value is -2.33. The molecule has 4 heterocycles. The fourth-order valence-corrected chi connectivity index (χ4v) is 2.96. The Balaban J connectivity index is 1.87. The zero-order valence-corrected chi connectivity index (χ0v) is 11.8. The average Bonchev–Trinajstić information content (AvgIpc) is 2.99. The van der Waals surface area contributed by atoms with Gasteiger partial charge in [-0.3, -0.25) is 4.79 Å². The lowest BCUT2D eigenvalue weighted by Crippen LogP contribution is -2.33. The number of rotatable bonds is 2. The largest absolute Gasteiger partial charge is 0.394 e. The summed E-state index contributed by atoms with van der Waals surface area (Å²) in [6.07, 6.45) is 1.77. The lowest BCUT2D eigenvalue weighted by atomic mass is 10.1. The van der Waals surface area contributed by atoms with Crippen molar-refractivity contribution in [1.29, 1.82) is 0 Å². The van der Waals surface area contributed by atoms with E-state index in [-0.39, 0.29) is 5.91 Å². The number of nitrogens with zero attached hydrogens (tertiary/aromatic N) is 3. The van der Waals surface area contributed by atoms with Gasteiger partial charge in [-0.25, -0.2) is 9.97 Å². The van der Waals surface area contributed by atoms with E-state index in [2.05, 4.69) is 15.3 Å². The molecular formula is C14H14N4O5. The highest BCUT2D eigenvalue weighted by Gasteiger charge is 2.44. The fourth-order valence-electron chi connectivity index (χ4n) is 2.96. The van der Waals surface area contributed by atoms with Gasteiger partial charge < -0.3 is 29.9 Å². The van der Waals surface area contributed by atoms with Crippen LogP contribution in [0, 0.1) is 0 Å². The molecule has 0 aliphatic carbocycles. The Morgan fingerprint density at radius 3 is 2.83 bits per heavy atom. The molecule has 23 heavy (non-hydrogen) atoms. The molecular weight excluding hydrogens is 304 g/mol. The Bertz CT molecular complexity index is 817. The highest BCUT2D eigenvalue weighted by molar-refractivity contribution is 6.11. The molecule has 0 saturated carbocycles. The van der Waals surface area contributed by atoms with E-state index in [9.17, 15) is 20.1 Å². The molecule has 2 aromatic rings. The van der Waals surface area contributed by atoms with E-state index in [1.54, 1.807) is 16.8 Å². The quantitative estimate of drug-likeness (QED) is 0.559. The maximum Gasteiger partial charge on any atom is 0.249 e. The molecule has 4 rings (SSSR count). The highest BCUT2D eigenvalue weighted by Crippen LogP contribution is 2.36. The molecule has 1 saturated heterocycles. The molecule has 1 fully saturated rings. The summed E-state index contributed by atoms with van der Waals surface area (Å²) in [5.74, 6) is 0.0751. The van der Waals surface area contributed by atoms with Crippen LogP contribution in [0.25, 0.3) is 17.1 Å². The first kappa shape index (κ1) is 14.3. The van der Waals surface area contributed by atoms with Gasteiger partial charge in [0.15, 0.2) is 6.23 Å². The summed E-state index contributed by atoms with van der Waals surface area (Å²) in [6.45, 7) is -0.406. The zero-order chi connectivity index (χ0) is 16.1. The number of nitrogens with one attached hydrogen (secondary N) is 1. The predicted octanol–water partition coefficient (Wildman–Crippen LogP) is -0.992. The normalized spacial score (nSPS) is 29.8. The number of carbonyl (C=O) groups is 1. The van der Waals surface area contributed by atoms with Crippen molar-refractivity contribution in [3.8, 4) is 0 Å². The Morgan fingerprint density at radius 1 is 1.26 bits per heavy atom. The van der Waals surface area contributed by atoms with Crippen molar-refractivity contribution in [2.24, 2.45) is 0 Å². The van der Waals surface area contributed by atoms with Gasteiger partial charge in [-0.15, -0.1) is 0 Å². The van der Waals surface area contributed by atoms with E-state index in [1.807, 2.05) is 0 Å². The maximum atomic E-state index is 11.6. The van der Waals surface area contributed by atoms with Crippen molar-refractivity contribution >= 4 is 28.8 Å². The SMILES string of the molecule is O=C1C=Cc2cn([C@@H]3O[C@H](CO)[C@@H](O)[C@H]3O)c3ncnc(c23)N1. The lowest BCUT2D eigenvalue weighted by Gasteiger charge is -2.17. The standard InChI is InChI=1S/C14H14N4O5/c19-4-7-10(21)11(22)14(23-7)18-3-6-1-2-8(20)17-12-9(6)13(18)16-5-15-12/h1-3,5,7,10-11,14,19,21-22H,4H2,(H,15,16,17,20)/t7-,10-,11-,14-/m1/s1. The van der Waals surface area contributed by atoms with Crippen LogP contribution in [0.5, 0.6) is 0 Å². The van der Waals surface area contributed by atoms with E-state index in [4.69, 9.17) is 4.74 Å². The van der Waals surface area contributed by atoms with Gasteiger partial charge in [0.2, 0.25) is 5.91 Å². The number of aliphatic hydroxyl groups excluding tert-OH is 3. The molecule has 2 aromatic heterocycles. The molecule has 0 radical (unpaired) electrons. The summed E-state index contributed by atoms with van der Waals surface area (Å²) in [7, 11) is 0. The van der Waals surface area contributed by atoms with Gasteiger partial charge in [0.1, 0.15) is 36.1 Å². The van der Waals surface area contributed by atoms with E-state index >= 15 is 0 Å². The first-order valence-corrected chi connectivity index (χ1v) is 7.07. The first-order valence-electron chi connectivity index (χ1n) is 7.07. The minimum atomic E-state index is -1.21. The fraction of sp³-hybridized carbons (Fsp3) is 0.357. The van der Waals surface area contributed by atoms with Gasteiger partial charge in [0.05, 0.1) is 12.0 Å². The number of aromatic nitrogens is 3. The average molecular weight is 318 g/mol. The van der Waals surface area contributed by atoms with Crippen molar-refractivity contribution in [3.63, 3.8) is 0 Å². The predicted molar refractivity (Wildman–Crippen MR) is 78.2 cm³/mol. The van der Waals surface area contributed by atoms with Crippen LogP contribution in [0.2, 0.25) is 0 Å². The Morgan fingerprint density at radius 2 is 2.09 bits per heavy atom. The molecule has 0 bridgehead atoms. The second kappa shape index (κ2) is 5.10. The molecule has 1 amide bonds. The number of hydrogen-bond donors (Lipinski definition) is 4. The van der Waals surface area contributed by atoms with Crippen LogP contribution in [-0.4, -0.2) is 60.7 Å². The number of ether oxygens (including phenoxy) is 1. The Kier molecular flexibility index (Phi) is 3.16. The van der Waals surface area contributed by atoms with Gasteiger partial charge >= 0.3 is 0 Å². The van der Waals surface area contributed by atoms with Gasteiger partial charge in [-0.05, 0) is 6.08 Å². The molecule has 0 spiro atoms. The molecule has 0 aromatic carbocycles. The van der Waals surface area contributed by atoms with Gasteiger partial charge in [-0.2, -0.15) is 0 Å². The molecule has 2 aliphatic rings. The van der Waals surface area contributed by atoms with Gasteiger partial charge in [0, 0.05) is 17.8 Å². The van der Waals surface area contributed by atoms with Gasteiger partial charge in [0.25, 0.3) is 0 Å². The van der Waals surface area contributed by atoms with Crippen molar-refractivity contribution in [2.75, 3.05) is 11.9 Å². The molecule has 2 aliphatic heterocycles. The van der Waals surface area contributed by atoms with Crippen LogP contribution in [-0.2, 0) is 9.53 Å². The third-order valence-corrected chi connectivity index (χ3v) is 4.09. The number of anilines is 1. The van der Waals surface area contributed by atoms with Gasteiger partial charge in [-0.1, -0.05) is 0 Å². The lowest BCUT2D eigenvalue weighted by molar-refractivity contribution is -0.111. The summed E-state index contributed by atoms with van der Waals surface area (Å²) >= 11 is 0. The Labute approximate surface area is 129 Å². The summed E-state index contributed by atoms with van der Waals surface area (Å²) in [4.78, 5) is 19.9.